The third-order valence-electron chi connectivity index (χ3n) is 4.37. The minimum Gasteiger partial charge on any atom is -0.338 e. The number of benzene rings is 3. The maximum atomic E-state index is 10.8. The molecule has 136 valence electrons. The molecular weight excluding hydrogens is 350 g/mol. The number of nitrogens with zero attached hydrogens (tertiary/aromatic N) is 2. The molecule has 0 aliphatic carbocycles. The average Bonchev–Trinajstić information content (AvgIpc) is 3.18. The second-order valence-electron chi connectivity index (χ2n) is 6.26. The lowest BCUT2D eigenvalue weighted by atomic mass is 10.1. The second-order valence-corrected chi connectivity index (χ2v) is 6.26. The minimum atomic E-state index is -0.404. The Morgan fingerprint density at radius 1 is 0.786 bits per heavy atom. The molecule has 4 aromatic rings. The molecule has 0 atom stereocenters. The first-order valence-electron chi connectivity index (χ1n) is 8.84. The van der Waals surface area contributed by atoms with Crippen molar-refractivity contribution < 1.29 is 4.92 Å². The molecule has 0 radical (unpaired) electrons. The van der Waals surface area contributed by atoms with Crippen LogP contribution in [0.1, 0.15) is 11.4 Å². The highest BCUT2D eigenvalue weighted by Crippen LogP contribution is 2.30. The average molecular weight is 367 g/mol. The van der Waals surface area contributed by atoms with Gasteiger partial charge >= 0.3 is 0 Å². The van der Waals surface area contributed by atoms with Gasteiger partial charge in [-0.2, -0.15) is 0 Å². The Kier molecular flexibility index (Phi) is 4.80. The lowest BCUT2D eigenvalue weighted by molar-refractivity contribution is -0.384. The highest BCUT2D eigenvalue weighted by molar-refractivity contribution is 5.80. The third-order valence-corrected chi connectivity index (χ3v) is 4.37. The second kappa shape index (κ2) is 7.72. The van der Waals surface area contributed by atoms with Crippen LogP contribution in [0.15, 0.2) is 84.9 Å². The molecule has 5 nitrogen and oxygen atoms in total. The predicted molar refractivity (Wildman–Crippen MR) is 111 cm³/mol. The lowest BCUT2D eigenvalue weighted by Gasteiger charge is -2.02. The van der Waals surface area contributed by atoms with E-state index in [-0.39, 0.29) is 5.69 Å². The van der Waals surface area contributed by atoms with Crippen molar-refractivity contribution in [2.45, 2.75) is 0 Å². The van der Waals surface area contributed by atoms with E-state index in [1.807, 2.05) is 72.8 Å². The van der Waals surface area contributed by atoms with Gasteiger partial charge in [-0.3, -0.25) is 10.1 Å². The van der Waals surface area contributed by atoms with Crippen LogP contribution in [0.3, 0.4) is 0 Å². The van der Waals surface area contributed by atoms with Gasteiger partial charge < -0.3 is 4.98 Å². The van der Waals surface area contributed by atoms with Crippen molar-refractivity contribution in [1.29, 1.82) is 0 Å². The Morgan fingerprint density at radius 2 is 1.39 bits per heavy atom. The first-order valence-corrected chi connectivity index (χ1v) is 8.84. The molecule has 0 spiro atoms. The molecular formula is C23H17N3O2. The molecule has 3 aromatic carbocycles. The predicted octanol–water partition coefficient (Wildman–Crippen LogP) is 5.82. The van der Waals surface area contributed by atoms with Crippen molar-refractivity contribution >= 4 is 17.8 Å². The summed E-state index contributed by atoms with van der Waals surface area (Å²) in [5, 5.41) is 10.8. The van der Waals surface area contributed by atoms with E-state index < -0.39 is 4.92 Å². The summed E-state index contributed by atoms with van der Waals surface area (Å²) in [5.41, 5.74) is 4.87. The van der Waals surface area contributed by atoms with Gasteiger partial charge in [-0.15, -0.1) is 0 Å². The summed E-state index contributed by atoms with van der Waals surface area (Å²) in [7, 11) is 0. The van der Waals surface area contributed by atoms with Crippen molar-refractivity contribution in [2.24, 2.45) is 0 Å². The van der Waals surface area contributed by atoms with Crippen LogP contribution in [0.5, 0.6) is 0 Å². The van der Waals surface area contributed by atoms with Crippen LogP contribution in [0.25, 0.3) is 34.7 Å². The highest BCUT2D eigenvalue weighted by Gasteiger charge is 2.12. The van der Waals surface area contributed by atoms with Gasteiger partial charge in [0.2, 0.25) is 0 Å². The van der Waals surface area contributed by atoms with E-state index in [0.29, 0.717) is 0 Å². The van der Waals surface area contributed by atoms with E-state index in [2.05, 4.69) is 4.98 Å². The Hall–Kier alpha value is -3.99. The Balaban J connectivity index is 1.70. The van der Waals surface area contributed by atoms with Gasteiger partial charge in [0.1, 0.15) is 5.82 Å². The Labute approximate surface area is 162 Å². The largest absolute Gasteiger partial charge is 0.338 e. The number of hydrogen-bond acceptors (Lipinski definition) is 3. The van der Waals surface area contributed by atoms with Crippen molar-refractivity contribution in [3.8, 4) is 22.5 Å². The summed E-state index contributed by atoms with van der Waals surface area (Å²) in [5.74, 6) is 0.719. The normalized spacial score (nSPS) is 11.0. The molecule has 0 fully saturated rings. The van der Waals surface area contributed by atoms with Gasteiger partial charge in [0.25, 0.3) is 5.69 Å². The smallest absolute Gasteiger partial charge is 0.269 e. The molecule has 0 unspecified atom stereocenters. The summed E-state index contributed by atoms with van der Waals surface area (Å²) < 4.78 is 0. The van der Waals surface area contributed by atoms with Gasteiger partial charge in [0.05, 0.1) is 16.3 Å². The number of aromatic amines is 1. The molecule has 1 heterocycles. The summed E-state index contributed by atoms with van der Waals surface area (Å²) >= 11 is 0. The van der Waals surface area contributed by atoms with Crippen LogP contribution in [0.4, 0.5) is 5.69 Å². The summed E-state index contributed by atoms with van der Waals surface area (Å²) in [4.78, 5) is 18.5. The van der Waals surface area contributed by atoms with E-state index in [9.17, 15) is 10.1 Å². The lowest BCUT2D eigenvalue weighted by Crippen LogP contribution is -1.86. The molecule has 0 amide bonds. The zero-order valence-electron chi connectivity index (χ0n) is 14.9. The topological polar surface area (TPSA) is 71.8 Å². The molecule has 5 heteroatoms. The fraction of sp³-hybridized carbons (Fsp3) is 0. The summed E-state index contributed by atoms with van der Waals surface area (Å²) in [6.45, 7) is 0. The van der Waals surface area contributed by atoms with E-state index >= 15 is 0 Å². The molecule has 0 saturated heterocycles. The van der Waals surface area contributed by atoms with E-state index in [1.54, 1.807) is 12.1 Å². The van der Waals surface area contributed by atoms with Crippen LogP contribution in [-0.4, -0.2) is 14.9 Å². The highest BCUT2D eigenvalue weighted by atomic mass is 16.6. The summed E-state index contributed by atoms with van der Waals surface area (Å²) in [6, 6.07) is 26.5. The molecule has 1 N–H and O–H groups in total. The van der Waals surface area contributed by atoms with Crippen molar-refractivity contribution in [2.75, 3.05) is 0 Å². The molecule has 0 aliphatic heterocycles. The number of nitrogens with one attached hydrogen (secondary N) is 1. The summed E-state index contributed by atoms with van der Waals surface area (Å²) in [6.07, 6.45) is 3.76. The molecule has 0 bridgehead atoms. The number of nitro benzene ring substituents is 1. The molecule has 4 rings (SSSR count). The number of non-ortho nitro benzene ring substituents is 1. The van der Waals surface area contributed by atoms with Gasteiger partial charge in [0, 0.05) is 23.3 Å². The minimum absolute atomic E-state index is 0.0767. The van der Waals surface area contributed by atoms with Gasteiger partial charge in [-0.1, -0.05) is 66.7 Å². The number of rotatable bonds is 5. The number of imidazole rings is 1. The molecule has 28 heavy (non-hydrogen) atoms. The zero-order valence-corrected chi connectivity index (χ0v) is 14.9. The van der Waals surface area contributed by atoms with Crippen LogP contribution < -0.4 is 0 Å². The number of nitro groups is 1. The standard InChI is InChI=1S/C23H17N3O2/c27-26(28)20-14-11-17(12-15-20)13-16-21-24-22(18-7-3-1-4-8-18)23(25-21)19-9-5-2-6-10-19/h1-16H,(H,24,25). The van der Waals surface area contributed by atoms with Crippen LogP contribution >= 0.6 is 0 Å². The van der Waals surface area contributed by atoms with Crippen LogP contribution in [0.2, 0.25) is 0 Å². The van der Waals surface area contributed by atoms with E-state index in [4.69, 9.17) is 4.98 Å². The van der Waals surface area contributed by atoms with Crippen molar-refractivity contribution in [3.63, 3.8) is 0 Å². The number of aromatic nitrogens is 2. The van der Waals surface area contributed by atoms with Crippen LogP contribution in [-0.2, 0) is 0 Å². The third kappa shape index (κ3) is 3.73. The Bertz CT molecular complexity index is 1060. The maximum Gasteiger partial charge on any atom is 0.269 e. The molecule has 0 saturated carbocycles. The fourth-order valence-corrected chi connectivity index (χ4v) is 2.97. The number of H-pyrrole nitrogens is 1. The monoisotopic (exact) mass is 367 g/mol. The quantitative estimate of drug-likeness (QED) is 0.357. The number of hydrogen-bond donors (Lipinski definition) is 1. The van der Waals surface area contributed by atoms with Crippen molar-refractivity contribution in [3.05, 3.63) is 106 Å². The zero-order chi connectivity index (χ0) is 19.3. The molecule has 0 aliphatic rings. The SMILES string of the molecule is O=[N+]([O-])c1ccc(C=Cc2nc(-c3ccccc3)c(-c3ccccc3)[nH]2)cc1. The van der Waals surface area contributed by atoms with E-state index in [0.717, 1.165) is 33.9 Å². The Morgan fingerprint density at radius 3 is 2.00 bits per heavy atom. The first kappa shape index (κ1) is 17.4. The maximum absolute atomic E-state index is 10.8. The van der Waals surface area contributed by atoms with E-state index in [1.165, 1.54) is 12.1 Å². The molecule has 1 aromatic heterocycles. The van der Waals surface area contributed by atoms with Crippen molar-refractivity contribution in [1.82, 2.24) is 9.97 Å². The van der Waals surface area contributed by atoms with Gasteiger partial charge in [-0.25, -0.2) is 4.98 Å². The first-order chi connectivity index (χ1) is 13.7. The fourth-order valence-electron chi connectivity index (χ4n) is 2.97. The van der Waals surface area contributed by atoms with Gasteiger partial charge in [0.15, 0.2) is 0 Å². The van der Waals surface area contributed by atoms with Gasteiger partial charge in [-0.05, 0) is 23.8 Å². The van der Waals surface area contributed by atoms with Crippen LogP contribution in [0, 0.1) is 10.1 Å².